The van der Waals surface area contributed by atoms with Gasteiger partial charge in [-0.05, 0) is 28.4 Å². The molecular weight excluding hydrogens is 270 g/mol. The Bertz CT molecular complexity index is 531. The lowest BCUT2D eigenvalue weighted by atomic mass is 10.1. The van der Waals surface area contributed by atoms with E-state index < -0.39 is 5.97 Å². The lowest BCUT2D eigenvalue weighted by Gasteiger charge is -1.98. The zero-order valence-corrected chi connectivity index (χ0v) is 10.2. The molecule has 0 aliphatic rings. The van der Waals surface area contributed by atoms with Gasteiger partial charge in [-0.3, -0.25) is 0 Å². The fourth-order valence-electron chi connectivity index (χ4n) is 1.65. The molecule has 1 aromatic carbocycles. The summed E-state index contributed by atoms with van der Waals surface area (Å²) in [5.74, 6) is -0.928. The first kappa shape index (κ1) is 11.0. The highest BCUT2D eigenvalue weighted by Crippen LogP contribution is 2.32. The third-order valence-corrected chi connectivity index (χ3v) is 3.20. The highest BCUT2D eigenvalue weighted by Gasteiger charge is 2.19. The van der Waals surface area contributed by atoms with Crippen molar-refractivity contribution in [3.8, 4) is 11.3 Å². The highest BCUT2D eigenvalue weighted by atomic mass is 79.9. The number of aromatic carboxylic acids is 1. The van der Waals surface area contributed by atoms with E-state index in [2.05, 4.69) is 20.9 Å². The molecule has 0 saturated carbocycles. The summed E-state index contributed by atoms with van der Waals surface area (Å²) in [6, 6.07) is 9.62. The Morgan fingerprint density at radius 1 is 1.31 bits per heavy atom. The van der Waals surface area contributed by atoms with Gasteiger partial charge < -0.3 is 10.1 Å². The molecule has 0 spiro atoms. The Labute approximate surface area is 101 Å². The van der Waals surface area contributed by atoms with Gasteiger partial charge >= 0.3 is 5.97 Å². The third-order valence-electron chi connectivity index (χ3n) is 2.40. The van der Waals surface area contributed by atoms with Crippen LogP contribution in [0.15, 0.2) is 34.8 Å². The number of carboxylic acid groups (broad SMARTS) is 1. The van der Waals surface area contributed by atoms with Crippen LogP contribution in [-0.4, -0.2) is 16.1 Å². The summed E-state index contributed by atoms with van der Waals surface area (Å²) >= 11 is 3.33. The fraction of sp³-hybridized carbons (Fsp3) is 0.0833. The molecule has 0 radical (unpaired) electrons. The van der Waals surface area contributed by atoms with E-state index in [1.165, 1.54) is 0 Å². The van der Waals surface area contributed by atoms with Crippen molar-refractivity contribution in [1.29, 1.82) is 0 Å². The molecule has 0 amide bonds. The van der Waals surface area contributed by atoms with Gasteiger partial charge in [-0.25, -0.2) is 4.79 Å². The number of carboxylic acids is 1. The SMILES string of the molecule is Cc1[nH]c(-c2ccccc2)c(Br)c1C(=O)O. The van der Waals surface area contributed by atoms with Crippen molar-refractivity contribution in [2.24, 2.45) is 0 Å². The molecular formula is C12H10BrNO2. The molecule has 0 unspecified atom stereocenters. The van der Waals surface area contributed by atoms with Crippen molar-refractivity contribution >= 4 is 21.9 Å². The molecule has 0 atom stereocenters. The van der Waals surface area contributed by atoms with Crippen LogP contribution in [0.25, 0.3) is 11.3 Å². The van der Waals surface area contributed by atoms with E-state index in [1.807, 2.05) is 30.3 Å². The Balaban J connectivity index is 2.61. The van der Waals surface area contributed by atoms with Crippen LogP contribution in [0.4, 0.5) is 0 Å². The maximum Gasteiger partial charge on any atom is 0.338 e. The quantitative estimate of drug-likeness (QED) is 0.885. The number of hydrogen-bond donors (Lipinski definition) is 2. The summed E-state index contributed by atoms with van der Waals surface area (Å²) in [6.45, 7) is 1.75. The molecule has 1 aromatic heterocycles. The number of aromatic nitrogens is 1. The maximum atomic E-state index is 11.0. The Hall–Kier alpha value is -1.55. The van der Waals surface area contributed by atoms with E-state index >= 15 is 0 Å². The molecule has 2 aromatic rings. The van der Waals surface area contributed by atoms with Gasteiger partial charge in [-0.1, -0.05) is 30.3 Å². The van der Waals surface area contributed by atoms with Crippen LogP contribution in [0.2, 0.25) is 0 Å². The lowest BCUT2D eigenvalue weighted by Crippen LogP contribution is -1.97. The van der Waals surface area contributed by atoms with Crippen molar-refractivity contribution < 1.29 is 9.90 Å². The van der Waals surface area contributed by atoms with Crippen LogP contribution >= 0.6 is 15.9 Å². The predicted molar refractivity (Wildman–Crippen MR) is 65.6 cm³/mol. The number of aromatic amines is 1. The summed E-state index contributed by atoms with van der Waals surface area (Å²) in [5.41, 5.74) is 2.71. The van der Waals surface area contributed by atoms with E-state index in [0.29, 0.717) is 15.7 Å². The maximum absolute atomic E-state index is 11.0. The number of aryl methyl sites for hydroxylation is 1. The van der Waals surface area contributed by atoms with E-state index in [-0.39, 0.29) is 0 Å². The van der Waals surface area contributed by atoms with Gasteiger partial charge in [0.1, 0.15) is 0 Å². The zero-order chi connectivity index (χ0) is 11.7. The first-order valence-corrected chi connectivity index (χ1v) is 5.57. The Morgan fingerprint density at radius 2 is 1.94 bits per heavy atom. The molecule has 82 valence electrons. The molecule has 2 rings (SSSR count). The molecule has 0 aliphatic heterocycles. The van der Waals surface area contributed by atoms with Gasteiger partial charge in [-0.15, -0.1) is 0 Å². The molecule has 1 heterocycles. The van der Waals surface area contributed by atoms with Crippen LogP contribution in [-0.2, 0) is 0 Å². The highest BCUT2D eigenvalue weighted by molar-refractivity contribution is 9.10. The van der Waals surface area contributed by atoms with E-state index in [4.69, 9.17) is 5.11 Å². The lowest BCUT2D eigenvalue weighted by molar-refractivity contribution is 0.0695. The minimum Gasteiger partial charge on any atom is -0.478 e. The summed E-state index contributed by atoms with van der Waals surface area (Å²) in [6.07, 6.45) is 0. The first-order chi connectivity index (χ1) is 7.61. The monoisotopic (exact) mass is 279 g/mol. The van der Waals surface area contributed by atoms with Gasteiger partial charge in [0.15, 0.2) is 0 Å². The number of carbonyl (C=O) groups is 1. The normalized spacial score (nSPS) is 10.4. The molecule has 2 N–H and O–H groups in total. The fourth-order valence-corrected chi connectivity index (χ4v) is 2.45. The average molecular weight is 280 g/mol. The van der Waals surface area contributed by atoms with E-state index in [1.54, 1.807) is 6.92 Å². The van der Waals surface area contributed by atoms with Crippen LogP contribution in [0.5, 0.6) is 0 Å². The molecule has 0 aliphatic carbocycles. The predicted octanol–water partition coefficient (Wildman–Crippen LogP) is 3.45. The van der Waals surface area contributed by atoms with Crippen molar-refractivity contribution in [2.75, 3.05) is 0 Å². The number of rotatable bonds is 2. The van der Waals surface area contributed by atoms with Gasteiger partial charge in [-0.2, -0.15) is 0 Å². The third kappa shape index (κ3) is 1.76. The van der Waals surface area contributed by atoms with Crippen LogP contribution in [0, 0.1) is 6.92 Å². The van der Waals surface area contributed by atoms with Crippen LogP contribution in [0.1, 0.15) is 16.1 Å². The number of nitrogens with one attached hydrogen (secondary N) is 1. The second-order valence-electron chi connectivity index (χ2n) is 3.49. The minimum absolute atomic E-state index is 0.291. The summed E-state index contributed by atoms with van der Waals surface area (Å²) in [7, 11) is 0. The molecule has 0 saturated heterocycles. The number of benzene rings is 1. The summed E-state index contributed by atoms with van der Waals surface area (Å²) in [5, 5.41) is 9.06. The van der Waals surface area contributed by atoms with Gasteiger partial charge in [0.25, 0.3) is 0 Å². The summed E-state index contributed by atoms with van der Waals surface area (Å²) < 4.78 is 0.601. The van der Waals surface area contributed by atoms with Crippen LogP contribution in [0.3, 0.4) is 0 Å². The summed E-state index contributed by atoms with van der Waals surface area (Å²) in [4.78, 5) is 14.1. The van der Waals surface area contributed by atoms with Gasteiger partial charge in [0, 0.05) is 5.69 Å². The Morgan fingerprint density at radius 3 is 2.44 bits per heavy atom. The van der Waals surface area contributed by atoms with E-state index in [9.17, 15) is 4.79 Å². The molecule has 0 fully saturated rings. The largest absolute Gasteiger partial charge is 0.478 e. The van der Waals surface area contributed by atoms with Gasteiger partial charge in [0.05, 0.1) is 15.7 Å². The topological polar surface area (TPSA) is 53.1 Å². The van der Waals surface area contributed by atoms with Gasteiger partial charge in [0.2, 0.25) is 0 Å². The molecule has 4 heteroatoms. The molecule has 0 bridgehead atoms. The minimum atomic E-state index is -0.928. The average Bonchev–Trinajstić information content (AvgIpc) is 2.55. The number of H-pyrrole nitrogens is 1. The van der Waals surface area contributed by atoms with E-state index in [0.717, 1.165) is 11.3 Å². The standard InChI is InChI=1S/C12H10BrNO2/c1-7-9(12(15)16)10(13)11(14-7)8-5-3-2-4-6-8/h2-6,14H,1H3,(H,15,16). The van der Waals surface area contributed by atoms with Crippen molar-refractivity contribution in [3.05, 3.63) is 46.1 Å². The second-order valence-corrected chi connectivity index (χ2v) is 4.28. The van der Waals surface area contributed by atoms with Crippen molar-refractivity contribution in [2.45, 2.75) is 6.92 Å². The number of hydrogen-bond acceptors (Lipinski definition) is 1. The molecule has 3 nitrogen and oxygen atoms in total. The zero-order valence-electron chi connectivity index (χ0n) is 8.62. The van der Waals surface area contributed by atoms with Crippen molar-refractivity contribution in [3.63, 3.8) is 0 Å². The second kappa shape index (κ2) is 4.14. The Kier molecular flexibility index (Phi) is 2.83. The molecule has 16 heavy (non-hydrogen) atoms. The first-order valence-electron chi connectivity index (χ1n) is 4.78. The van der Waals surface area contributed by atoms with Crippen LogP contribution < -0.4 is 0 Å². The van der Waals surface area contributed by atoms with Crippen molar-refractivity contribution in [1.82, 2.24) is 4.98 Å². The number of halogens is 1. The smallest absolute Gasteiger partial charge is 0.338 e.